The summed E-state index contributed by atoms with van der Waals surface area (Å²) in [5, 5.41) is 0. The van der Waals surface area contributed by atoms with Gasteiger partial charge in [-0.2, -0.15) is 0 Å². The van der Waals surface area contributed by atoms with E-state index in [0.29, 0.717) is 0 Å². The summed E-state index contributed by atoms with van der Waals surface area (Å²) >= 11 is 0. The van der Waals surface area contributed by atoms with E-state index in [0.717, 1.165) is 36.9 Å². The highest BCUT2D eigenvalue weighted by molar-refractivity contribution is 5.42. The van der Waals surface area contributed by atoms with Gasteiger partial charge in [0.2, 0.25) is 0 Å². The standard InChI is InChI=1S/C19H25NO2/c1-4-20(5-2)15-16(3)21-18-13-9-10-14-19(18)22-17-11-7-6-8-12-17/h6-14,16H,4-5,15H2,1-3H3. The molecule has 0 heterocycles. The lowest BCUT2D eigenvalue weighted by Gasteiger charge is -2.24. The number of hydrogen-bond acceptors (Lipinski definition) is 3. The first kappa shape index (κ1) is 16.4. The second-order valence-electron chi connectivity index (χ2n) is 5.28. The van der Waals surface area contributed by atoms with Crippen LogP contribution >= 0.6 is 0 Å². The Morgan fingerprint density at radius 2 is 1.45 bits per heavy atom. The van der Waals surface area contributed by atoms with Crippen LogP contribution in [-0.2, 0) is 0 Å². The second-order valence-corrected chi connectivity index (χ2v) is 5.28. The predicted molar refractivity (Wildman–Crippen MR) is 90.8 cm³/mol. The maximum atomic E-state index is 6.09. The smallest absolute Gasteiger partial charge is 0.169 e. The number of nitrogens with zero attached hydrogens (tertiary/aromatic N) is 1. The van der Waals surface area contributed by atoms with Crippen molar-refractivity contribution in [2.75, 3.05) is 19.6 Å². The van der Waals surface area contributed by atoms with Crippen molar-refractivity contribution in [2.24, 2.45) is 0 Å². The van der Waals surface area contributed by atoms with E-state index in [9.17, 15) is 0 Å². The third kappa shape index (κ3) is 4.78. The van der Waals surface area contributed by atoms with E-state index in [1.807, 2.05) is 54.6 Å². The molecule has 0 saturated carbocycles. The van der Waals surface area contributed by atoms with Crippen molar-refractivity contribution in [1.29, 1.82) is 0 Å². The fraction of sp³-hybridized carbons (Fsp3) is 0.368. The lowest BCUT2D eigenvalue weighted by atomic mass is 10.3. The fourth-order valence-electron chi connectivity index (χ4n) is 2.35. The molecule has 0 amide bonds. The maximum Gasteiger partial charge on any atom is 0.169 e. The van der Waals surface area contributed by atoms with Gasteiger partial charge in [0.1, 0.15) is 11.9 Å². The zero-order valence-electron chi connectivity index (χ0n) is 13.7. The van der Waals surface area contributed by atoms with Gasteiger partial charge in [-0.3, -0.25) is 0 Å². The highest BCUT2D eigenvalue weighted by atomic mass is 16.5. The van der Waals surface area contributed by atoms with Crippen LogP contribution in [0.15, 0.2) is 54.6 Å². The van der Waals surface area contributed by atoms with Gasteiger partial charge >= 0.3 is 0 Å². The van der Waals surface area contributed by atoms with Crippen LogP contribution in [0.25, 0.3) is 0 Å². The van der Waals surface area contributed by atoms with Gasteiger partial charge in [0.05, 0.1) is 0 Å². The molecule has 3 nitrogen and oxygen atoms in total. The Hall–Kier alpha value is -2.00. The number of likely N-dealkylation sites (N-methyl/N-ethyl adjacent to an activating group) is 1. The van der Waals surface area contributed by atoms with Gasteiger partial charge in [-0.25, -0.2) is 0 Å². The molecule has 0 aliphatic rings. The molecule has 0 aromatic heterocycles. The Bertz CT molecular complexity index is 552. The molecule has 0 saturated heterocycles. The summed E-state index contributed by atoms with van der Waals surface area (Å²) in [7, 11) is 0. The van der Waals surface area contributed by atoms with Crippen molar-refractivity contribution in [3.8, 4) is 17.2 Å². The predicted octanol–water partition coefficient (Wildman–Crippen LogP) is 4.59. The monoisotopic (exact) mass is 299 g/mol. The van der Waals surface area contributed by atoms with E-state index in [1.165, 1.54) is 0 Å². The average molecular weight is 299 g/mol. The number of ether oxygens (including phenoxy) is 2. The van der Waals surface area contributed by atoms with Crippen LogP contribution in [0.3, 0.4) is 0 Å². The van der Waals surface area contributed by atoms with Gasteiger partial charge < -0.3 is 14.4 Å². The van der Waals surface area contributed by atoms with E-state index >= 15 is 0 Å². The van der Waals surface area contributed by atoms with Gasteiger partial charge in [-0.15, -0.1) is 0 Å². The number of benzene rings is 2. The minimum atomic E-state index is 0.112. The van der Waals surface area contributed by atoms with Crippen molar-refractivity contribution >= 4 is 0 Å². The van der Waals surface area contributed by atoms with Crippen molar-refractivity contribution in [3.05, 3.63) is 54.6 Å². The maximum absolute atomic E-state index is 6.09. The average Bonchev–Trinajstić information content (AvgIpc) is 2.55. The Labute approximate surface area is 133 Å². The quantitative estimate of drug-likeness (QED) is 0.711. The summed E-state index contributed by atoms with van der Waals surface area (Å²) in [4.78, 5) is 2.35. The molecule has 0 aliphatic heterocycles. The lowest BCUT2D eigenvalue weighted by Crippen LogP contribution is -2.33. The topological polar surface area (TPSA) is 21.7 Å². The molecule has 22 heavy (non-hydrogen) atoms. The SMILES string of the molecule is CCN(CC)CC(C)Oc1ccccc1Oc1ccccc1. The normalized spacial score (nSPS) is 12.2. The summed E-state index contributed by atoms with van der Waals surface area (Å²) < 4.78 is 12.0. The molecule has 118 valence electrons. The molecule has 0 bridgehead atoms. The molecular formula is C19H25NO2. The summed E-state index contributed by atoms with van der Waals surface area (Å²) in [6, 6.07) is 17.6. The summed E-state index contributed by atoms with van der Waals surface area (Å²) in [5.74, 6) is 2.35. The number of para-hydroxylation sites is 3. The zero-order valence-corrected chi connectivity index (χ0v) is 13.7. The van der Waals surface area contributed by atoms with Crippen LogP contribution in [0.1, 0.15) is 20.8 Å². The van der Waals surface area contributed by atoms with Crippen LogP contribution in [0.4, 0.5) is 0 Å². The largest absolute Gasteiger partial charge is 0.485 e. The lowest BCUT2D eigenvalue weighted by molar-refractivity contribution is 0.150. The highest BCUT2D eigenvalue weighted by Gasteiger charge is 2.12. The molecule has 3 heteroatoms. The van der Waals surface area contributed by atoms with Gasteiger partial charge in [0.15, 0.2) is 11.5 Å². The van der Waals surface area contributed by atoms with Gasteiger partial charge in [-0.1, -0.05) is 44.2 Å². The first-order chi connectivity index (χ1) is 10.7. The first-order valence-electron chi connectivity index (χ1n) is 7.93. The van der Waals surface area contributed by atoms with E-state index in [-0.39, 0.29) is 6.10 Å². The summed E-state index contributed by atoms with van der Waals surface area (Å²) in [6.45, 7) is 9.41. The number of rotatable bonds is 8. The Balaban J connectivity index is 2.05. The Morgan fingerprint density at radius 1 is 0.864 bits per heavy atom. The molecule has 0 spiro atoms. The molecule has 0 radical (unpaired) electrons. The van der Waals surface area contributed by atoms with Crippen LogP contribution in [0.5, 0.6) is 17.2 Å². The second kappa shape index (κ2) is 8.44. The molecular weight excluding hydrogens is 274 g/mol. The zero-order chi connectivity index (χ0) is 15.8. The molecule has 2 aromatic carbocycles. The van der Waals surface area contributed by atoms with E-state index in [1.54, 1.807) is 0 Å². The van der Waals surface area contributed by atoms with Crippen molar-refractivity contribution in [2.45, 2.75) is 26.9 Å². The fourth-order valence-corrected chi connectivity index (χ4v) is 2.35. The van der Waals surface area contributed by atoms with Gasteiger partial charge in [0, 0.05) is 6.54 Å². The molecule has 0 fully saturated rings. The third-order valence-corrected chi connectivity index (χ3v) is 3.56. The molecule has 1 atom stereocenters. The van der Waals surface area contributed by atoms with Crippen molar-refractivity contribution in [1.82, 2.24) is 4.90 Å². The van der Waals surface area contributed by atoms with E-state index < -0.39 is 0 Å². The highest BCUT2D eigenvalue weighted by Crippen LogP contribution is 2.31. The molecule has 0 aliphatic carbocycles. The minimum Gasteiger partial charge on any atom is -0.485 e. The van der Waals surface area contributed by atoms with Crippen LogP contribution in [0, 0.1) is 0 Å². The molecule has 2 rings (SSSR count). The first-order valence-corrected chi connectivity index (χ1v) is 7.93. The van der Waals surface area contributed by atoms with E-state index in [2.05, 4.69) is 25.7 Å². The Kier molecular flexibility index (Phi) is 6.28. The molecule has 1 unspecified atom stereocenters. The van der Waals surface area contributed by atoms with E-state index in [4.69, 9.17) is 9.47 Å². The minimum absolute atomic E-state index is 0.112. The van der Waals surface area contributed by atoms with Gasteiger partial charge in [0.25, 0.3) is 0 Å². The van der Waals surface area contributed by atoms with Gasteiger partial charge in [-0.05, 0) is 44.3 Å². The van der Waals surface area contributed by atoms with Crippen molar-refractivity contribution < 1.29 is 9.47 Å². The third-order valence-electron chi connectivity index (χ3n) is 3.56. The van der Waals surface area contributed by atoms with Crippen LogP contribution < -0.4 is 9.47 Å². The van der Waals surface area contributed by atoms with Crippen LogP contribution in [0.2, 0.25) is 0 Å². The number of hydrogen-bond donors (Lipinski definition) is 0. The summed E-state index contributed by atoms with van der Waals surface area (Å²) in [6.07, 6.45) is 0.112. The summed E-state index contributed by atoms with van der Waals surface area (Å²) in [5.41, 5.74) is 0. The van der Waals surface area contributed by atoms with Crippen LogP contribution in [-0.4, -0.2) is 30.6 Å². The molecule has 0 N–H and O–H groups in total. The molecule has 2 aromatic rings. The van der Waals surface area contributed by atoms with Crippen molar-refractivity contribution in [3.63, 3.8) is 0 Å². The Morgan fingerprint density at radius 3 is 2.09 bits per heavy atom.